The Labute approximate surface area is 145 Å². The molecule has 1 rings (SSSR count). The van der Waals surface area contributed by atoms with Gasteiger partial charge in [-0.2, -0.15) is 0 Å². The maximum absolute atomic E-state index is 12.1. The van der Waals surface area contributed by atoms with Crippen molar-refractivity contribution in [1.29, 1.82) is 0 Å². The number of aryl methyl sites for hydroxylation is 1. The second kappa shape index (κ2) is 7.69. The molecule has 5 heteroatoms. The molecule has 1 aromatic rings. The summed E-state index contributed by atoms with van der Waals surface area (Å²) in [4.78, 5) is 25.3. The molecule has 0 aliphatic heterocycles. The Kier molecular flexibility index (Phi) is 6.41. The topological polar surface area (TPSA) is 58.6 Å². The maximum atomic E-state index is 12.1. The molecule has 134 valence electrons. The van der Waals surface area contributed by atoms with Crippen LogP contribution in [0.5, 0.6) is 0 Å². The quantitative estimate of drug-likeness (QED) is 0.899. The van der Waals surface area contributed by atoms with E-state index < -0.39 is 11.7 Å². The second-order valence-corrected chi connectivity index (χ2v) is 7.87. The summed E-state index contributed by atoms with van der Waals surface area (Å²) in [5.41, 5.74) is 1.60. The first-order chi connectivity index (χ1) is 10.9. The standard InChI is InChI=1S/C19H30N2O3/c1-14-9-8-10-15(11-14)19(5,6)13-20-16(22)12-21(7)17(23)24-18(2,3)4/h8-11H,12-13H2,1-7H3,(H,20,22). The Morgan fingerprint density at radius 1 is 1.17 bits per heavy atom. The van der Waals surface area contributed by atoms with E-state index in [2.05, 4.69) is 31.3 Å². The molecule has 0 saturated heterocycles. The lowest BCUT2D eigenvalue weighted by Crippen LogP contribution is -2.44. The van der Waals surface area contributed by atoms with Gasteiger partial charge in [-0.1, -0.05) is 43.7 Å². The Morgan fingerprint density at radius 2 is 1.79 bits per heavy atom. The average molecular weight is 334 g/mol. The van der Waals surface area contributed by atoms with Crippen LogP contribution in [-0.2, 0) is 14.9 Å². The van der Waals surface area contributed by atoms with E-state index in [4.69, 9.17) is 4.74 Å². The molecule has 0 fully saturated rings. The van der Waals surface area contributed by atoms with Gasteiger partial charge in [0.2, 0.25) is 5.91 Å². The molecule has 0 spiro atoms. The summed E-state index contributed by atoms with van der Waals surface area (Å²) >= 11 is 0. The van der Waals surface area contributed by atoms with Gasteiger partial charge in [-0.15, -0.1) is 0 Å². The molecule has 0 atom stereocenters. The number of benzene rings is 1. The summed E-state index contributed by atoms with van der Waals surface area (Å²) in [5, 5.41) is 2.90. The summed E-state index contributed by atoms with van der Waals surface area (Å²) in [6.45, 7) is 12.1. The third-order valence-corrected chi connectivity index (χ3v) is 3.61. The fourth-order valence-corrected chi connectivity index (χ4v) is 2.16. The van der Waals surface area contributed by atoms with Crippen LogP contribution >= 0.6 is 0 Å². The summed E-state index contributed by atoms with van der Waals surface area (Å²) < 4.78 is 5.24. The van der Waals surface area contributed by atoms with Gasteiger partial charge in [0.25, 0.3) is 0 Å². The molecule has 0 aliphatic carbocycles. The normalized spacial score (nSPS) is 11.8. The molecular weight excluding hydrogens is 304 g/mol. The van der Waals surface area contributed by atoms with Gasteiger partial charge in [0.05, 0.1) is 0 Å². The lowest BCUT2D eigenvalue weighted by atomic mass is 9.84. The SMILES string of the molecule is Cc1cccc(C(C)(C)CNC(=O)CN(C)C(=O)OC(C)(C)C)c1. The van der Waals surface area contributed by atoms with E-state index in [1.165, 1.54) is 16.0 Å². The Hall–Kier alpha value is -2.04. The molecule has 0 heterocycles. The van der Waals surface area contributed by atoms with Crippen LogP contribution in [-0.4, -0.2) is 42.6 Å². The van der Waals surface area contributed by atoms with Gasteiger partial charge in [0.15, 0.2) is 0 Å². The number of rotatable bonds is 5. The Balaban J connectivity index is 2.55. The van der Waals surface area contributed by atoms with Gasteiger partial charge >= 0.3 is 6.09 Å². The highest BCUT2D eigenvalue weighted by Gasteiger charge is 2.24. The fraction of sp³-hybridized carbons (Fsp3) is 0.579. The van der Waals surface area contributed by atoms with Crippen LogP contribution in [0.2, 0.25) is 0 Å². The molecule has 0 aliphatic rings. The zero-order valence-electron chi connectivity index (χ0n) is 15.9. The molecular formula is C19H30N2O3. The van der Waals surface area contributed by atoms with Gasteiger partial charge in [-0.25, -0.2) is 4.79 Å². The van der Waals surface area contributed by atoms with E-state index in [9.17, 15) is 9.59 Å². The highest BCUT2D eigenvalue weighted by Crippen LogP contribution is 2.23. The minimum Gasteiger partial charge on any atom is -0.444 e. The molecule has 5 nitrogen and oxygen atoms in total. The lowest BCUT2D eigenvalue weighted by Gasteiger charge is -2.27. The van der Waals surface area contributed by atoms with Crippen LogP contribution < -0.4 is 5.32 Å². The number of amides is 2. The van der Waals surface area contributed by atoms with Crippen LogP contribution in [0.3, 0.4) is 0 Å². The zero-order valence-corrected chi connectivity index (χ0v) is 15.9. The third kappa shape index (κ3) is 6.60. The van der Waals surface area contributed by atoms with Crippen molar-refractivity contribution >= 4 is 12.0 Å². The minimum absolute atomic E-state index is 0.0290. The van der Waals surface area contributed by atoms with Crippen molar-refractivity contribution in [3.05, 3.63) is 35.4 Å². The van der Waals surface area contributed by atoms with E-state index in [0.29, 0.717) is 6.54 Å². The number of likely N-dealkylation sites (N-methyl/N-ethyl adjacent to an activating group) is 1. The Morgan fingerprint density at radius 3 is 2.33 bits per heavy atom. The highest BCUT2D eigenvalue weighted by atomic mass is 16.6. The van der Waals surface area contributed by atoms with E-state index in [1.54, 1.807) is 27.8 Å². The first-order valence-electron chi connectivity index (χ1n) is 8.19. The summed E-state index contributed by atoms with van der Waals surface area (Å²) in [6.07, 6.45) is -0.504. The van der Waals surface area contributed by atoms with Gasteiger partial charge < -0.3 is 15.0 Å². The van der Waals surface area contributed by atoms with Crippen molar-refractivity contribution in [2.45, 2.75) is 52.6 Å². The van der Waals surface area contributed by atoms with Crippen molar-refractivity contribution in [2.75, 3.05) is 20.1 Å². The Bertz CT molecular complexity index is 589. The minimum atomic E-state index is -0.574. The van der Waals surface area contributed by atoms with Crippen LogP contribution in [0.4, 0.5) is 4.79 Å². The van der Waals surface area contributed by atoms with E-state index in [-0.39, 0.29) is 17.9 Å². The number of ether oxygens (including phenoxy) is 1. The number of nitrogens with zero attached hydrogens (tertiary/aromatic N) is 1. The van der Waals surface area contributed by atoms with Crippen molar-refractivity contribution in [3.63, 3.8) is 0 Å². The predicted molar refractivity (Wildman–Crippen MR) is 96.1 cm³/mol. The van der Waals surface area contributed by atoms with Gasteiger partial charge in [0, 0.05) is 19.0 Å². The van der Waals surface area contributed by atoms with Crippen LogP contribution in [0.1, 0.15) is 45.7 Å². The first-order valence-corrected chi connectivity index (χ1v) is 8.19. The molecule has 1 aromatic carbocycles. The number of hydrogen-bond donors (Lipinski definition) is 1. The monoisotopic (exact) mass is 334 g/mol. The van der Waals surface area contributed by atoms with E-state index in [1.807, 2.05) is 19.1 Å². The maximum Gasteiger partial charge on any atom is 0.410 e. The fourth-order valence-electron chi connectivity index (χ4n) is 2.16. The zero-order chi connectivity index (χ0) is 18.5. The van der Waals surface area contributed by atoms with Crippen LogP contribution in [0, 0.1) is 6.92 Å². The molecule has 0 bridgehead atoms. The van der Waals surface area contributed by atoms with Crippen molar-refractivity contribution in [3.8, 4) is 0 Å². The van der Waals surface area contributed by atoms with Crippen LogP contribution in [0.15, 0.2) is 24.3 Å². The summed E-state index contributed by atoms with van der Waals surface area (Å²) in [7, 11) is 1.55. The van der Waals surface area contributed by atoms with E-state index in [0.717, 1.165) is 0 Å². The largest absolute Gasteiger partial charge is 0.444 e. The van der Waals surface area contributed by atoms with Crippen molar-refractivity contribution in [1.82, 2.24) is 10.2 Å². The summed E-state index contributed by atoms with van der Waals surface area (Å²) in [5.74, 6) is -0.205. The van der Waals surface area contributed by atoms with Crippen molar-refractivity contribution in [2.24, 2.45) is 0 Å². The van der Waals surface area contributed by atoms with Crippen molar-refractivity contribution < 1.29 is 14.3 Å². The lowest BCUT2D eigenvalue weighted by molar-refractivity contribution is -0.122. The molecule has 2 amide bonds. The third-order valence-electron chi connectivity index (χ3n) is 3.61. The molecule has 0 radical (unpaired) electrons. The number of carbonyl (C=O) groups excluding carboxylic acids is 2. The molecule has 0 saturated carbocycles. The molecule has 1 N–H and O–H groups in total. The molecule has 24 heavy (non-hydrogen) atoms. The van der Waals surface area contributed by atoms with E-state index >= 15 is 0 Å². The van der Waals surface area contributed by atoms with Gasteiger partial charge in [-0.3, -0.25) is 4.79 Å². The second-order valence-electron chi connectivity index (χ2n) is 7.87. The number of carbonyl (C=O) groups is 2. The average Bonchev–Trinajstić information content (AvgIpc) is 2.43. The summed E-state index contributed by atoms with van der Waals surface area (Å²) in [6, 6.07) is 8.25. The molecule has 0 aromatic heterocycles. The highest BCUT2D eigenvalue weighted by molar-refractivity contribution is 5.82. The first kappa shape index (κ1) is 20.0. The predicted octanol–water partition coefficient (Wildman–Crippen LogP) is 3.26. The van der Waals surface area contributed by atoms with Gasteiger partial charge in [0.1, 0.15) is 12.1 Å². The number of hydrogen-bond acceptors (Lipinski definition) is 3. The van der Waals surface area contributed by atoms with Gasteiger partial charge in [-0.05, 0) is 33.3 Å². The smallest absolute Gasteiger partial charge is 0.410 e. The molecule has 0 unspecified atom stereocenters. The number of nitrogens with one attached hydrogen (secondary N) is 1. The van der Waals surface area contributed by atoms with Crippen LogP contribution in [0.25, 0.3) is 0 Å².